The molecule has 11 aromatic rings. The first-order chi connectivity index (χ1) is 39.1. The van der Waals surface area contributed by atoms with Gasteiger partial charge < -0.3 is 35.4 Å². The van der Waals surface area contributed by atoms with Crippen LogP contribution in [0.4, 0.5) is 21.2 Å². The number of nitrogens with one attached hydrogen (secondary N) is 4. The lowest BCUT2D eigenvalue weighted by Gasteiger charge is -2.36. The van der Waals surface area contributed by atoms with Crippen LogP contribution in [0.5, 0.6) is 11.5 Å². The summed E-state index contributed by atoms with van der Waals surface area (Å²) >= 11 is 4.95. The van der Waals surface area contributed by atoms with Crippen molar-refractivity contribution < 1.29 is 23.9 Å². The Balaban J connectivity index is 0.000000142. The van der Waals surface area contributed by atoms with E-state index in [1.165, 1.54) is 31.6 Å². The van der Waals surface area contributed by atoms with Crippen molar-refractivity contribution in [3.05, 3.63) is 183 Å². The Bertz CT molecular complexity index is 3680. The second-order valence-electron chi connectivity index (χ2n) is 18.6. The third-order valence-corrected chi connectivity index (χ3v) is 13.3. The number of anilines is 2. The smallest absolute Gasteiger partial charge is 0.415 e. The molecule has 0 bridgehead atoms. The van der Waals surface area contributed by atoms with Gasteiger partial charge in [-0.25, -0.2) is 59.4 Å². The number of amides is 2. The van der Waals surface area contributed by atoms with E-state index in [9.17, 15) is 14.4 Å². The molecule has 0 saturated carbocycles. The number of ether oxygens (including phenoxy) is 2. The van der Waals surface area contributed by atoms with Crippen molar-refractivity contribution in [1.82, 2.24) is 78.8 Å². The molecule has 2 amide bonds. The predicted molar refractivity (Wildman–Crippen MR) is 308 cm³/mol. The molecular weight excluding hydrogens is 1080 g/mol. The van der Waals surface area contributed by atoms with Crippen molar-refractivity contribution in [2.75, 3.05) is 37.2 Å². The molecule has 2 fully saturated rings. The van der Waals surface area contributed by atoms with Gasteiger partial charge in [0, 0.05) is 74.1 Å². The topological polar surface area (TPSA) is 292 Å². The van der Waals surface area contributed by atoms with Crippen molar-refractivity contribution >= 4 is 86.4 Å². The molecule has 0 radical (unpaired) electrons. The van der Waals surface area contributed by atoms with Crippen LogP contribution in [0.3, 0.4) is 0 Å². The fraction of sp³-hybridized carbons (Fsp3) is 0.232. The van der Waals surface area contributed by atoms with E-state index in [2.05, 4.69) is 98.9 Å². The van der Waals surface area contributed by atoms with Gasteiger partial charge in [0.15, 0.2) is 11.3 Å². The number of imidazole rings is 2. The molecule has 25 heteroatoms. The first kappa shape index (κ1) is 57.7. The molecule has 6 N–H and O–H groups in total. The van der Waals surface area contributed by atoms with Gasteiger partial charge in [-0.3, -0.25) is 18.9 Å². The average molecular weight is 1130 g/mol. The Morgan fingerprint density at radius 3 is 1.74 bits per heavy atom. The number of H-pyrrole nitrogens is 2. The van der Waals surface area contributed by atoms with E-state index in [1.54, 1.807) is 79.1 Å². The zero-order chi connectivity index (χ0) is 55.6. The maximum Gasteiger partial charge on any atom is 0.418 e. The van der Waals surface area contributed by atoms with E-state index in [1.807, 2.05) is 60.3 Å². The Kier molecular flexibility index (Phi) is 20.3. The number of hydrogen-bond acceptors (Lipinski definition) is 17. The molecule has 2 saturated heterocycles. The number of nitrogens with zero attached hydrogens (tertiary/aromatic N) is 13. The number of para-hydroxylation sites is 2. The molecule has 9 aromatic heterocycles. The molecule has 4 atom stereocenters. The summed E-state index contributed by atoms with van der Waals surface area (Å²) in [5.74, 6) is 5.84. The highest BCUT2D eigenvalue weighted by Gasteiger charge is 2.33. The summed E-state index contributed by atoms with van der Waals surface area (Å²) in [7, 11) is 0. The molecular formula is C56H58Cl2N18O5. The summed E-state index contributed by atoms with van der Waals surface area (Å²) in [5.41, 5.74) is 11.1. The third kappa shape index (κ3) is 15.4. The van der Waals surface area contributed by atoms with Gasteiger partial charge in [-0.05, 0) is 85.8 Å². The summed E-state index contributed by atoms with van der Waals surface area (Å²) in [5, 5.41) is 5.96. The molecule has 23 nitrogen and oxygen atoms in total. The largest absolute Gasteiger partial charge is 0.418 e. The number of fused-ring (bicyclic) bond motifs is 6. The van der Waals surface area contributed by atoms with E-state index in [0.717, 1.165) is 76.8 Å². The lowest BCUT2D eigenvalue weighted by Crippen LogP contribution is -2.43. The highest BCUT2D eigenvalue weighted by molar-refractivity contribution is 6.61. The molecule has 0 aliphatic carbocycles. The van der Waals surface area contributed by atoms with Crippen LogP contribution >= 0.6 is 24.0 Å². The van der Waals surface area contributed by atoms with Crippen LogP contribution in [0, 0.1) is 11.8 Å². The maximum atomic E-state index is 12.8. The molecule has 0 spiro atoms. The molecule has 2 aromatic carbocycles. The summed E-state index contributed by atoms with van der Waals surface area (Å²) in [6, 6.07) is 26.5. The van der Waals surface area contributed by atoms with Crippen LogP contribution in [0.1, 0.15) is 55.9 Å². The van der Waals surface area contributed by atoms with Crippen molar-refractivity contribution in [2.24, 2.45) is 11.8 Å². The van der Waals surface area contributed by atoms with Crippen LogP contribution in [-0.4, -0.2) is 117 Å². The number of nitrogens with two attached hydrogens (primary N) is 1. The standard InChI is InChI=1S/C20H21N7O.C14H17N5.C11H9N3O2.C7H5ClO2.C4H5N3.ClH/c1-13-4-7-26(18(28)8-14-2-5-21-12-25-14)11-16(13)20-24-10-15-9-23-19-17(27(15)20)3-6-22-19;1-9-2-4-15-8-11(9)14-18-7-10-6-17-13-12(19(10)14)3-5-16-13;15-11(14-10-6-7-12-8-13-10)16-9-4-2-1-3-5-9;8-7(9)10-6-4-2-1-3-5-6;5-4-1-2-6-3-7-4;/h2-3,5-6,9-10,12-13,16,22H,4,7-8,11H2,1H3;3,5-7,9,11,15-16H,2,4,8H2,1H3;1-8H,(H,12,13,14,15);1-5H;1-3H,(H2,5,6,7);1H/t13-,16+;9-,11+;;;;/m11..../s1. The van der Waals surface area contributed by atoms with E-state index >= 15 is 0 Å². The van der Waals surface area contributed by atoms with E-state index in [0.29, 0.717) is 53.9 Å². The Morgan fingerprint density at radius 2 is 1.21 bits per heavy atom. The van der Waals surface area contributed by atoms with Gasteiger partial charge in [0.2, 0.25) is 5.91 Å². The third-order valence-electron chi connectivity index (χ3n) is 13.3. The number of aromatic nitrogens is 14. The van der Waals surface area contributed by atoms with Gasteiger partial charge in [0.25, 0.3) is 0 Å². The Labute approximate surface area is 475 Å². The summed E-state index contributed by atoms with van der Waals surface area (Å²) in [6.07, 6.45) is 22.3. The van der Waals surface area contributed by atoms with Gasteiger partial charge in [-0.2, -0.15) is 0 Å². The van der Waals surface area contributed by atoms with Gasteiger partial charge in [0.05, 0.1) is 59.0 Å². The van der Waals surface area contributed by atoms with Crippen molar-refractivity contribution in [3.8, 4) is 11.5 Å². The Morgan fingerprint density at radius 1 is 0.654 bits per heavy atom. The Hall–Kier alpha value is -9.45. The number of piperidine rings is 2. The number of halogens is 2. The number of nitrogen functional groups attached to an aromatic ring is 1. The van der Waals surface area contributed by atoms with Gasteiger partial charge in [-0.1, -0.05) is 50.2 Å². The predicted octanol–water partition coefficient (Wildman–Crippen LogP) is 9.11. The number of carbonyl (C=O) groups excluding carboxylic acids is 3. The minimum absolute atomic E-state index is 0. The number of rotatable bonds is 7. The van der Waals surface area contributed by atoms with Crippen molar-refractivity contribution in [1.29, 1.82) is 0 Å². The first-order valence-electron chi connectivity index (χ1n) is 25.6. The molecule has 81 heavy (non-hydrogen) atoms. The van der Waals surface area contributed by atoms with Crippen LogP contribution in [-0.2, 0) is 11.2 Å². The van der Waals surface area contributed by atoms with Crippen LogP contribution < -0.4 is 25.8 Å². The lowest BCUT2D eigenvalue weighted by atomic mass is 9.86. The fourth-order valence-corrected chi connectivity index (χ4v) is 9.24. The van der Waals surface area contributed by atoms with E-state index in [4.69, 9.17) is 27.1 Å². The zero-order valence-electron chi connectivity index (χ0n) is 44.1. The number of hydrogen-bond donors (Lipinski definition) is 5. The van der Waals surface area contributed by atoms with E-state index < -0.39 is 11.5 Å². The highest BCUT2D eigenvalue weighted by Crippen LogP contribution is 2.34. The molecule has 11 heterocycles. The molecule has 416 valence electrons. The second-order valence-corrected chi connectivity index (χ2v) is 18.9. The van der Waals surface area contributed by atoms with Crippen LogP contribution in [0.15, 0.2) is 166 Å². The fourth-order valence-electron chi connectivity index (χ4n) is 9.15. The lowest BCUT2D eigenvalue weighted by molar-refractivity contribution is -0.132. The summed E-state index contributed by atoms with van der Waals surface area (Å²) in [4.78, 5) is 83.9. The van der Waals surface area contributed by atoms with Gasteiger partial charge in [0.1, 0.15) is 53.8 Å². The van der Waals surface area contributed by atoms with Crippen LogP contribution in [0.2, 0.25) is 0 Å². The monoisotopic (exact) mass is 1130 g/mol. The maximum absolute atomic E-state index is 12.8. The number of carbonyl (C=O) groups is 3. The summed E-state index contributed by atoms with van der Waals surface area (Å²) < 4.78 is 14.0. The van der Waals surface area contributed by atoms with Gasteiger partial charge in [-0.15, -0.1) is 12.4 Å². The van der Waals surface area contributed by atoms with Crippen LogP contribution in [0.25, 0.3) is 33.4 Å². The molecule has 2 aliphatic rings. The zero-order valence-corrected chi connectivity index (χ0v) is 45.6. The average Bonchev–Trinajstić information content (AvgIpc) is 4.46. The normalized spacial score (nSPS) is 16.4. The summed E-state index contributed by atoms with van der Waals surface area (Å²) in [6.45, 7) is 8.12. The number of aromatic amines is 2. The second kappa shape index (κ2) is 28.4. The SMILES string of the molecule is C[C@@H]1CCN(C(=O)Cc2ccncn2)C[C@@H]1c1ncc2cnc3[nH]ccc3n12.C[C@@H]1CCNC[C@@H]1c1ncc2cnc3[nH]ccc3n12.Cl.Nc1ccncn1.O=C(Cl)Oc1ccccc1.O=C(Nc1ccncn1)Oc1ccccc1. The minimum atomic E-state index is -0.814. The highest BCUT2D eigenvalue weighted by atomic mass is 35.5. The first-order valence-corrected chi connectivity index (χ1v) is 26.0. The van der Waals surface area contributed by atoms with Gasteiger partial charge >= 0.3 is 11.5 Å². The van der Waals surface area contributed by atoms with E-state index in [-0.39, 0.29) is 24.2 Å². The minimum Gasteiger partial charge on any atom is -0.415 e. The quantitative estimate of drug-likeness (QED) is 0.0929. The van der Waals surface area contributed by atoms with Crippen molar-refractivity contribution in [3.63, 3.8) is 0 Å². The number of benzene rings is 2. The number of likely N-dealkylation sites (tertiary alicyclic amines) is 1. The van der Waals surface area contributed by atoms with Crippen molar-refractivity contribution in [2.45, 2.75) is 44.9 Å². The molecule has 13 rings (SSSR count). The molecule has 0 unspecified atom stereocenters. The molecule has 2 aliphatic heterocycles.